The number of alkyl halides is 3. The van der Waals surface area contributed by atoms with Gasteiger partial charge in [0.25, 0.3) is 5.52 Å². The molecule has 0 aliphatic carbocycles. The van der Waals surface area contributed by atoms with Crippen LogP contribution in [0.1, 0.15) is 5.69 Å². The molecule has 0 saturated heterocycles. The molecular weight excluding hydrogens is 365 g/mol. The van der Waals surface area contributed by atoms with Crippen LogP contribution in [-0.4, -0.2) is 20.4 Å². The normalized spacial score (nSPS) is 12.2. The number of aromatic amines is 1. The number of benzene rings is 2. The number of thioether (sulfide) groups is 1. The molecule has 0 bridgehead atoms. The standard InChI is InChI=1S/C17H11F3N4OS/c1-10-15-16(25)23(11-6-8-12(9-7-11)26-17(18,19)20)22-24(15)14-5-3-2-4-13(14)21-10/h2-9H,1H3/p+1. The van der Waals surface area contributed by atoms with Crippen molar-refractivity contribution >= 4 is 28.3 Å². The van der Waals surface area contributed by atoms with E-state index >= 15 is 0 Å². The van der Waals surface area contributed by atoms with Crippen molar-refractivity contribution in [3.05, 3.63) is 64.6 Å². The monoisotopic (exact) mass is 377 g/mol. The summed E-state index contributed by atoms with van der Waals surface area (Å²) in [7, 11) is 0. The van der Waals surface area contributed by atoms with Crippen molar-refractivity contribution in [3.8, 4) is 5.69 Å². The molecule has 0 aliphatic rings. The summed E-state index contributed by atoms with van der Waals surface area (Å²) < 4.78 is 40.3. The number of para-hydroxylation sites is 2. The zero-order chi connectivity index (χ0) is 18.5. The van der Waals surface area contributed by atoms with E-state index in [2.05, 4.69) is 10.2 Å². The van der Waals surface area contributed by atoms with Gasteiger partial charge in [0.2, 0.25) is 0 Å². The molecule has 0 unspecified atom stereocenters. The first-order chi connectivity index (χ1) is 12.3. The van der Waals surface area contributed by atoms with E-state index in [0.29, 0.717) is 16.9 Å². The van der Waals surface area contributed by atoms with E-state index in [1.807, 2.05) is 24.3 Å². The van der Waals surface area contributed by atoms with Gasteiger partial charge >= 0.3 is 11.1 Å². The number of hydrogen-bond donors (Lipinski definition) is 1. The molecule has 2 aromatic carbocycles. The molecular formula is C17H12F3N4OS+. The van der Waals surface area contributed by atoms with E-state index in [1.54, 1.807) is 11.4 Å². The third-order valence-electron chi connectivity index (χ3n) is 3.91. The summed E-state index contributed by atoms with van der Waals surface area (Å²) in [5, 5.41) is 2.98. The van der Waals surface area contributed by atoms with Gasteiger partial charge < -0.3 is 0 Å². The van der Waals surface area contributed by atoms with Crippen molar-refractivity contribution in [2.75, 3.05) is 0 Å². The van der Waals surface area contributed by atoms with Crippen molar-refractivity contribution in [2.45, 2.75) is 17.3 Å². The topological polar surface area (TPSA) is 54.8 Å². The van der Waals surface area contributed by atoms with Gasteiger partial charge in [0.05, 0.1) is 5.69 Å². The smallest absolute Gasteiger partial charge is 0.244 e. The first-order valence-corrected chi connectivity index (χ1v) is 8.43. The second kappa shape index (κ2) is 5.87. The molecule has 0 fully saturated rings. The molecule has 2 heterocycles. The Morgan fingerprint density at radius 2 is 1.81 bits per heavy atom. The number of rotatable bonds is 2. The minimum atomic E-state index is -4.35. The van der Waals surface area contributed by atoms with Gasteiger partial charge in [-0.1, -0.05) is 22.0 Å². The summed E-state index contributed by atoms with van der Waals surface area (Å²) in [5.41, 5.74) is -1.83. The molecule has 1 N–H and O–H groups in total. The zero-order valence-corrected chi connectivity index (χ0v) is 14.2. The van der Waals surface area contributed by atoms with Crippen LogP contribution in [0, 0.1) is 6.92 Å². The second-order valence-corrected chi connectivity index (χ2v) is 6.79. The van der Waals surface area contributed by atoms with Crippen LogP contribution in [0.5, 0.6) is 0 Å². The van der Waals surface area contributed by atoms with Crippen LogP contribution in [0.15, 0.2) is 58.2 Å². The Hall–Kier alpha value is -2.81. The highest BCUT2D eigenvalue weighted by atomic mass is 32.2. The number of halogens is 3. The molecule has 9 heteroatoms. The van der Waals surface area contributed by atoms with E-state index in [1.165, 1.54) is 28.9 Å². The van der Waals surface area contributed by atoms with Gasteiger partial charge in [0, 0.05) is 4.90 Å². The van der Waals surface area contributed by atoms with Gasteiger partial charge in [0.15, 0.2) is 11.2 Å². The number of H-pyrrole nitrogens is 1. The Bertz CT molecular complexity index is 1180. The molecule has 2 aromatic heterocycles. The molecule has 26 heavy (non-hydrogen) atoms. The average Bonchev–Trinajstić information content (AvgIpc) is 2.93. The highest BCUT2D eigenvalue weighted by Crippen LogP contribution is 2.36. The number of fused-ring (bicyclic) bond motifs is 3. The molecule has 4 aromatic rings. The first kappa shape index (κ1) is 16.6. The largest absolute Gasteiger partial charge is 0.446 e. The van der Waals surface area contributed by atoms with Crippen molar-refractivity contribution in [2.24, 2.45) is 0 Å². The number of nitrogens with one attached hydrogen (secondary N) is 1. The molecule has 0 radical (unpaired) electrons. The average molecular weight is 377 g/mol. The van der Waals surface area contributed by atoms with Crippen LogP contribution in [0.3, 0.4) is 0 Å². The maximum absolute atomic E-state index is 12.8. The Kier molecular flexibility index (Phi) is 3.76. The fraction of sp³-hybridized carbons (Fsp3) is 0.118. The quantitative estimate of drug-likeness (QED) is 0.430. The number of nitrogens with zero attached hydrogens (tertiary/aromatic N) is 3. The molecule has 4 rings (SSSR count). The molecule has 0 spiro atoms. The molecule has 0 saturated carbocycles. The summed E-state index contributed by atoms with van der Waals surface area (Å²) in [5.74, 6) is 0. The number of aromatic nitrogens is 4. The lowest BCUT2D eigenvalue weighted by Crippen LogP contribution is -2.27. The van der Waals surface area contributed by atoms with E-state index in [9.17, 15) is 18.0 Å². The van der Waals surface area contributed by atoms with Crippen molar-refractivity contribution < 1.29 is 17.7 Å². The Balaban J connectivity index is 1.87. The van der Waals surface area contributed by atoms with Gasteiger partial charge in [-0.3, -0.25) is 0 Å². The number of aryl methyl sites for hydroxylation is 1. The van der Waals surface area contributed by atoms with E-state index in [4.69, 9.17) is 0 Å². The van der Waals surface area contributed by atoms with Crippen LogP contribution < -0.4 is 10.1 Å². The highest BCUT2D eigenvalue weighted by molar-refractivity contribution is 8.00. The summed E-state index contributed by atoms with van der Waals surface area (Å²) in [4.78, 5) is 17.3. The maximum atomic E-state index is 12.8. The van der Waals surface area contributed by atoms with Gasteiger partial charge in [0.1, 0.15) is 5.52 Å². The lowest BCUT2D eigenvalue weighted by Gasteiger charge is -2.04. The summed E-state index contributed by atoms with van der Waals surface area (Å²) in [6.45, 7) is 1.74. The minimum Gasteiger partial charge on any atom is -0.244 e. The molecule has 132 valence electrons. The van der Waals surface area contributed by atoms with Crippen LogP contribution in [-0.2, 0) is 0 Å². The van der Waals surface area contributed by atoms with Gasteiger partial charge in [-0.15, -0.1) is 4.52 Å². The third kappa shape index (κ3) is 2.84. The molecule has 0 amide bonds. The Morgan fingerprint density at radius 1 is 1.12 bits per heavy atom. The SMILES string of the molecule is Cc1nc2ccccc2[n+]2[nH]n(-c3ccc(SC(F)(F)F)cc3)c(=O)c12. The molecule has 0 aliphatic heterocycles. The minimum absolute atomic E-state index is 0.0568. The zero-order valence-electron chi connectivity index (χ0n) is 13.4. The van der Waals surface area contributed by atoms with Crippen molar-refractivity contribution in [3.63, 3.8) is 0 Å². The highest BCUT2D eigenvalue weighted by Gasteiger charge is 2.29. The number of hydrogen-bond acceptors (Lipinski definition) is 3. The lowest BCUT2D eigenvalue weighted by atomic mass is 10.2. The first-order valence-electron chi connectivity index (χ1n) is 7.62. The van der Waals surface area contributed by atoms with Crippen LogP contribution >= 0.6 is 11.8 Å². The molecule has 5 nitrogen and oxygen atoms in total. The Labute approximate surface area is 149 Å². The van der Waals surface area contributed by atoms with Crippen LogP contribution in [0.4, 0.5) is 13.2 Å². The summed E-state index contributed by atoms with van der Waals surface area (Å²) in [6.07, 6.45) is 0. The fourth-order valence-electron chi connectivity index (χ4n) is 2.84. The van der Waals surface area contributed by atoms with Crippen LogP contribution in [0.25, 0.3) is 22.2 Å². The Morgan fingerprint density at radius 3 is 2.50 bits per heavy atom. The maximum Gasteiger partial charge on any atom is 0.446 e. The summed E-state index contributed by atoms with van der Waals surface area (Å²) >= 11 is -0.195. The third-order valence-corrected chi connectivity index (χ3v) is 4.65. The summed E-state index contributed by atoms with van der Waals surface area (Å²) in [6, 6.07) is 13.0. The van der Waals surface area contributed by atoms with Gasteiger partial charge in [-0.2, -0.15) is 13.2 Å². The fourth-order valence-corrected chi connectivity index (χ4v) is 3.38. The van der Waals surface area contributed by atoms with Gasteiger partial charge in [-0.05, 0) is 55.1 Å². The van der Waals surface area contributed by atoms with Gasteiger partial charge in [-0.25, -0.2) is 9.78 Å². The van der Waals surface area contributed by atoms with Crippen molar-refractivity contribution in [1.82, 2.24) is 14.9 Å². The van der Waals surface area contributed by atoms with E-state index in [-0.39, 0.29) is 22.2 Å². The van der Waals surface area contributed by atoms with E-state index < -0.39 is 5.51 Å². The molecule has 0 atom stereocenters. The predicted molar refractivity (Wildman–Crippen MR) is 91.5 cm³/mol. The lowest BCUT2D eigenvalue weighted by molar-refractivity contribution is -0.556. The van der Waals surface area contributed by atoms with Crippen molar-refractivity contribution in [1.29, 1.82) is 0 Å². The van der Waals surface area contributed by atoms with E-state index in [0.717, 1.165) is 11.0 Å². The second-order valence-electron chi connectivity index (χ2n) is 5.65. The van der Waals surface area contributed by atoms with Crippen LogP contribution in [0.2, 0.25) is 0 Å². The predicted octanol–water partition coefficient (Wildman–Crippen LogP) is 3.37.